The molecule has 0 fully saturated rings. The van der Waals surface area contributed by atoms with E-state index in [0.717, 1.165) is 17.0 Å². The molecule has 3 aromatic rings. The third kappa shape index (κ3) is 3.75. The van der Waals surface area contributed by atoms with Crippen molar-refractivity contribution in [2.75, 3.05) is 12.0 Å². The zero-order valence-electron chi connectivity index (χ0n) is 15.9. The van der Waals surface area contributed by atoms with Gasteiger partial charge in [0.2, 0.25) is 11.1 Å². The molecule has 144 valence electrons. The van der Waals surface area contributed by atoms with Gasteiger partial charge in [0.25, 0.3) is 0 Å². The molecule has 2 unspecified atom stereocenters. The minimum Gasteiger partial charge on any atom is -0.355 e. The number of benzene rings is 2. The second-order valence-corrected chi connectivity index (χ2v) is 8.31. The highest BCUT2D eigenvalue weighted by atomic mass is 32.2. The Hall–Kier alpha value is -2.80. The van der Waals surface area contributed by atoms with Crippen molar-refractivity contribution in [2.45, 2.75) is 30.3 Å². The highest BCUT2D eigenvalue weighted by Crippen LogP contribution is 2.38. The molecular weight excluding hydrogens is 370 g/mol. The normalized spacial score (nSPS) is 18.4. The van der Waals surface area contributed by atoms with Crippen molar-refractivity contribution >= 4 is 17.7 Å². The number of fused-ring (bicyclic) bond motifs is 1. The van der Waals surface area contributed by atoms with Crippen LogP contribution in [0.4, 0.5) is 0 Å². The largest absolute Gasteiger partial charge is 0.355 e. The molecule has 1 aromatic heterocycles. The maximum Gasteiger partial charge on any atom is 0.236 e. The van der Waals surface area contributed by atoms with Crippen LogP contribution in [0.2, 0.25) is 0 Å². The van der Waals surface area contributed by atoms with E-state index in [0.29, 0.717) is 17.6 Å². The fourth-order valence-electron chi connectivity index (χ4n) is 3.15. The summed E-state index contributed by atoms with van der Waals surface area (Å²) in [6, 6.07) is 19.8. The number of hydrogen-bond acceptors (Lipinski definition) is 5. The fourth-order valence-corrected chi connectivity index (χ4v) is 4.25. The fraction of sp³-hybridized carbons (Fsp3) is 0.286. The van der Waals surface area contributed by atoms with Crippen LogP contribution in [0.1, 0.15) is 25.5 Å². The molecule has 28 heavy (non-hydrogen) atoms. The zero-order valence-corrected chi connectivity index (χ0v) is 16.7. The Morgan fingerprint density at radius 2 is 1.79 bits per heavy atom. The highest BCUT2D eigenvalue weighted by molar-refractivity contribution is 8.00. The first-order chi connectivity index (χ1) is 13.6. The summed E-state index contributed by atoms with van der Waals surface area (Å²) in [5, 5.41) is 12.1. The maximum atomic E-state index is 12.9. The number of carbonyl (C=O) groups is 1. The van der Waals surface area contributed by atoms with Crippen LogP contribution < -0.4 is 10.7 Å². The van der Waals surface area contributed by atoms with Gasteiger partial charge in [0.15, 0.2) is 5.82 Å². The van der Waals surface area contributed by atoms with E-state index in [4.69, 9.17) is 0 Å². The van der Waals surface area contributed by atoms with Crippen LogP contribution in [0.5, 0.6) is 0 Å². The number of thioether (sulfide) groups is 1. The Balaban J connectivity index is 1.69. The molecule has 0 spiro atoms. The van der Waals surface area contributed by atoms with Gasteiger partial charge in [0.05, 0.1) is 6.04 Å². The van der Waals surface area contributed by atoms with E-state index in [1.54, 1.807) is 0 Å². The lowest BCUT2D eigenvalue weighted by molar-refractivity contribution is -0.121. The highest BCUT2D eigenvalue weighted by Gasteiger charge is 2.37. The van der Waals surface area contributed by atoms with Gasteiger partial charge >= 0.3 is 0 Å². The first-order valence-corrected chi connectivity index (χ1v) is 10.3. The van der Waals surface area contributed by atoms with Gasteiger partial charge in [0.1, 0.15) is 5.25 Å². The summed E-state index contributed by atoms with van der Waals surface area (Å²) in [6.45, 7) is 4.83. The lowest BCUT2D eigenvalue weighted by Crippen LogP contribution is -2.44. The second kappa shape index (κ2) is 8.06. The van der Waals surface area contributed by atoms with Gasteiger partial charge in [-0.05, 0) is 11.5 Å². The molecule has 0 saturated carbocycles. The Bertz CT molecular complexity index is 942. The van der Waals surface area contributed by atoms with Crippen LogP contribution in [0.15, 0.2) is 65.8 Å². The first-order valence-electron chi connectivity index (χ1n) is 9.40. The van der Waals surface area contributed by atoms with Gasteiger partial charge in [-0.1, -0.05) is 86.3 Å². The topological polar surface area (TPSA) is 71.8 Å². The van der Waals surface area contributed by atoms with Crippen molar-refractivity contribution in [1.29, 1.82) is 0 Å². The summed E-state index contributed by atoms with van der Waals surface area (Å²) in [5.74, 6) is 1.15. The van der Waals surface area contributed by atoms with Crippen LogP contribution in [0.25, 0.3) is 11.4 Å². The number of rotatable bonds is 5. The minimum atomic E-state index is -0.332. The Kier molecular flexibility index (Phi) is 5.34. The SMILES string of the molecule is CC(C)CNC(=O)C1Sc2nnc(-c3ccccc3)n2NC1c1ccccc1. The molecular formula is C21H23N5OS. The number of aromatic nitrogens is 3. The van der Waals surface area contributed by atoms with Crippen molar-refractivity contribution < 1.29 is 4.79 Å². The summed E-state index contributed by atoms with van der Waals surface area (Å²) >= 11 is 1.45. The smallest absolute Gasteiger partial charge is 0.236 e. The van der Waals surface area contributed by atoms with Gasteiger partial charge < -0.3 is 10.7 Å². The summed E-state index contributed by atoms with van der Waals surface area (Å²) in [5.41, 5.74) is 5.52. The Labute approximate surface area is 168 Å². The molecule has 6 nitrogen and oxygen atoms in total. The number of nitrogens with one attached hydrogen (secondary N) is 2. The summed E-state index contributed by atoms with van der Waals surface area (Å²) in [6.07, 6.45) is 0. The van der Waals surface area contributed by atoms with Crippen LogP contribution in [0, 0.1) is 5.92 Å². The van der Waals surface area contributed by atoms with E-state index < -0.39 is 0 Å². The molecule has 2 atom stereocenters. The van der Waals surface area contributed by atoms with E-state index >= 15 is 0 Å². The van der Waals surface area contributed by atoms with Gasteiger partial charge in [-0.3, -0.25) is 4.79 Å². The van der Waals surface area contributed by atoms with Crippen LogP contribution in [-0.4, -0.2) is 32.6 Å². The van der Waals surface area contributed by atoms with Crippen LogP contribution in [-0.2, 0) is 4.79 Å². The Morgan fingerprint density at radius 3 is 2.46 bits per heavy atom. The average molecular weight is 394 g/mol. The quantitative estimate of drug-likeness (QED) is 0.694. The summed E-state index contributed by atoms with van der Waals surface area (Å²) in [4.78, 5) is 12.9. The van der Waals surface area contributed by atoms with Crippen molar-refractivity contribution in [1.82, 2.24) is 20.2 Å². The number of hydrogen-bond donors (Lipinski definition) is 2. The van der Waals surface area contributed by atoms with Crippen molar-refractivity contribution in [3.8, 4) is 11.4 Å². The Morgan fingerprint density at radius 1 is 1.11 bits per heavy atom. The molecule has 7 heteroatoms. The molecule has 1 aliphatic rings. The standard InChI is InChI=1S/C21H23N5OS/c1-14(2)13-22-20(27)18-17(15-9-5-3-6-10-15)25-26-19(23-24-21(26)28-18)16-11-7-4-8-12-16/h3-12,14,17-18,25H,13H2,1-2H3,(H,22,27). The van der Waals surface area contributed by atoms with E-state index in [1.165, 1.54) is 11.8 Å². The average Bonchev–Trinajstić information content (AvgIpc) is 3.15. The number of amides is 1. The predicted octanol–water partition coefficient (Wildman–Crippen LogP) is 3.48. The lowest BCUT2D eigenvalue weighted by atomic mass is 10.0. The van der Waals surface area contributed by atoms with E-state index in [2.05, 4.69) is 34.8 Å². The molecule has 1 aliphatic heterocycles. The monoisotopic (exact) mass is 393 g/mol. The van der Waals surface area contributed by atoms with Crippen LogP contribution >= 0.6 is 11.8 Å². The lowest BCUT2D eigenvalue weighted by Gasteiger charge is -2.33. The third-order valence-electron chi connectivity index (χ3n) is 4.57. The second-order valence-electron chi connectivity index (χ2n) is 7.20. The van der Waals surface area contributed by atoms with Crippen molar-refractivity contribution in [3.05, 3.63) is 66.2 Å². The molecule has 4 rings (SSSR count). The molecule has 0 radical (unpaired) electrons. The van der Waals surface area contributed by atoms with E-state index in [1.807, 2.05) is 65.3 Å². The van der Waals surface area contributed by atoms with Gasteiger partial charge in [-0.2, -0.15) is 0 Å². The minimum absolute atomic E-state index is 0.00978. The molecule has 2 N–H and O–H groups in total. The molecule has 2 heterocycles. The summed E-state index contributed by atoms with van der Waals surface area (Å²) in [7, 11) is 0. The summed E-state index contributed by atoms with van der Waals surface area (Å²) < 4.78 is 1.89. The first kappa shape index (κ1) is 18.6. The van der Waals surface area contributed by atoms with Crippen molar-refractivity contribution in [2.24, 2.45) is 5.92 Å². The number of nitrogens with zero attached hydrogens (tertiary/aromatic N) is 3. The molecule has 0 saturated heterocycles. The molecule has 2 aromatic carbocycles. The van der Waals surface area contributed by atoms with E-state index in [-0.39, 0.29) is 17.2 Å². The van der Waals surface area contributed by atoms with Crippen molar-refractivity contribution in [3.63, 3.8) is 0 Å². The predicted molar refractivity (Wildman–Crippen MR) is 111 cm³/mol. The van der Waals surface area contributed by atoms with Gasteiger partial charge in [0, 0.05) is 12.1 Å². The zero-order chi connectivity index (χ0) is 19.5. The van der Waals surface area contributed by atoms with Gasteiger partial charge in [-0.15, -0.1) is 10.2 Å². The van der Waals surface area contributed by atoms with Crippen LogP contribution in [0.3, 0.4) is 0 Å². The maximum absolute atomic E-state index is 12.9. The number of carbonyl (C=O) groups excluding carboxylic acids is 1. The van der Waals surface area contributed by atoms with Gasteiger partial charge in [-0.25, -0.2) is 4.68 Å². The van der Waals surface area contributed by atoms with E-state index in [9.17, 15) is 4.79 Å². The molecule has 0 aliphatic carbocycles. The molecule has 0 bridgehead atoms. The molecule has 1 amide bonds. The third-order valence-corrected chi connectivity index (χ3v) is 5.79.